The molecule has 80 heavy (non-hydrogen) atoms. The quantitative estimate of drug-likeness (QED) is 0.0574. The summed E-state index contributed by atoms with van der Waals surface area (Å²) in [7, 11) is 1.83. The van der Waals surface area contributed by atoms with Crippen LogP contribution in [0.3, 0.4) is 0 Å². The second-order valence-electron chi connectivity index (χ2n) is 24.1. The summed E-state index contributed by atoms with van der Waals surface area (Å²) in [6.45, 7) is 10.3. The van der Waals surface area contributed by atoms with Crippen molar-refractivity contribution in [2.45, 2.75) is 144 Å². The fourth-order valence-corrected chi connectivity index (χ4v) is 15.4. The summed E-state index contributed by atoms with van der Waals surface area (Å²) in [5, 5.41) is 13.4. The van der Waals surface area contributed by atoms with E-state index in [9.17, 15) is 0 Å². The molecule has 0 bridgehead atoms. The summed E-state index contributed by atoms with van der Waals surface area (Å²) >= 11 is 1.65. The number of nitrogens with one attached hydrogen (secondary N) is 4. The summed E-state index contributed by atoms with van der Waals surface area (Å²) in [5.74, 6) is 8.90. The van der Waals surface area contributed by atoms with Gasteiger partial charge < -0.3 is 10.6 Å². The molecule has 0 saturated heterocycles. The molecule has 6 heteroatoms. The van der Waals surface area contributed by atoms with E-state index in [-0.39, 0.29) is 10.7 Å². The van der Waals surface area contributed by atoms with E-state index in [2.05, 4.69) is 229 Å². The predicted octanol–water partition coefficient (Wildman–Crippen LogP) is 17.6. The molecule has 8 aromatic rings. The first-order chi connectivity index (χ1) is 39.2. The summed E-state index contributed by atoms with van der Waals surface area (Å²) in [6.07, 6.45) is 18.2. The Kier molecular flexibility index (Phi) is 21.1. The maximum absolute atomic E-state index is 4.37. The standard InChI is InChI=1S/C37H44N2S.C26H35N.C11H11NS/c1-27-12-20-35-33(22-27)19-21-37(36(35)24-30-17-18-31-8-6-7-9-32(31)23-30)38-25-28-13-15-29(16-14-28)26-39-40(2)34-10-4-3-5-11-34;1-19-8-11-22(12-9-19)18-27-26-15-13-23-16-20(2)10-14-24(23)25(26)17-21-6-4-3-5-7-21;1-12-13-11-8-4-6-9-5-2-3-7-10(9)11/h3-12,17-18,20,22-23,28-29,36-39H,2,13-16,19,21,24-26H2,1H3;3-7,10,14,16,19,22,25-27H,8-9,11-13,15,17-18H2,1-2H3;2-8,12H,1H3. The lowest BCUT2D eigenvalue weighted by Gasteiger charge is -2.37. The van der Waals surface area contributed by atoms with Gasteiger partial charge in [0.2, 0.25) is 0 Å². The lowest BCUT2D eigenvalue weighted by molar-refractivity contribution is 0.253. The van der Waals surface area contributed by atoms with Crippen LogP contribution in [0.1, 0.15) is 127 Å². The van der Waals surface area contributed by atoms with Gasteiger partial charge in [-0.3, -0.25) is 9.44 Å². The van der Waals surface area contributed by atoms with E-state index < -0.39 is 0 Å². The lowest BCUT2D eigenvalue weighted by atomic mass is 9.75. The zero-order valence-electron chi connectivity index (χ0n) is 48.5. The molecular weight excluding hydrogens is 1010 g/mol. The van der Waals surface area contributed by atoms with E-state index in [1.807, 2.05) is 7.05 Å². The Morgan fingerprint density at radius 2 is 0.988 bits per heavy atom. The average Bonchev–Trinajstić information content (AvgIpc) is 3.51. The maximum atomic E-state index is 4.37. The molecule has 4 aliphatic rings. The first-order valence-corrected chi connectivity index (χ1v) is 32.7. The molecule has 4 N–H and O–H groups in total. The third-order valence-electron chi connectivity index (χ3n) is 18.4. The molecule has 0 spiro atoms. The first-order valence-electron chi connectivity index (χ1n) is 30.5. The fourth-order valence-electron chi connectivity index (χ4n) is 13.7. The summed E-state index contributed by atoms with van der Waals surface area (Å²) in [6, 6.07) is 67.8. The maximum Gasteiger partial charge on any atom is 0.0306 e. The fraction of sp³-hybridized carbons (Fsp3) is 0.392. The van der Waals surface area contributed by atoms with Gasteiger partial charge >= 0.3 is 0 Å². The lowest BCUT2D eigenvalue weighted by Crippen LogP contribution is -2.42. The molecule has 0 amide bonds. The minimum Gasteiger partial charge on any atom is -0.313 e. The van der Waals surface area contributed by atoms with Crippen LogP contribution in [0.25, 0.3) is 21.5 Å². The van der Waals surface area contributed by atoms with E-state index >= 15 is 0 Å². The SMILES string of the molecule is C=S(NCC1CCC(CNC2CCc3cc(C)ccc3C2Cc2ccc3ccccc3c2)CC1)c1ccccc1.CNSc1cccc2ccccc12.Cc1ccc2c(c1)CCC(NCC1CCC(C)CC1)C2Cc1ccccc1. The zero-order valence-corrected chi connectivity index (χ0v) is 50.1. The second kappa shape index (κ2) is 29.1. The molecule has 12 rings (SSSR count). The monoisotopic (exact) mass is 1100 g/mol. The van der Waals surface area contributed by atoms with E-state index in [1.54, 1.807) is 34.2 Å². The summed E-state index contributed by atoms with van der Waals surface area (Å²) in [5.41, 5.74) is 12.0. The van der Waals surface area contributed by atoms with Crippen LogP contribution in [0, 0.1) is 37.5 Å². The van der Waals surface area contributed by atoms with Gasteiger partial charge in [0.15, 0.2) is 0 Å². The van der Waals surface area contributed by atoms with Crippen molar-refractivity contribution in [1.82, 2.24) is 20.1 Å². The number of hydrogen-bond donors (Lipinski definition) is 4. The van der Waals surface area contributed by atoms with Gasteiger partial charge in [-0.05, 0) is 220 Å². The van der Waals surface area contributed by atoms with Crippen molar-refractivity contribution in [3.63, 3.8) is 0 Å². The largest absolute Gasteiger partial charge is 0.313 e. The Labute approximate surface area is 488 Å². The van der Waals surface area contributed by atoms with E-state index in [4.69, 9.17) is 0 Å². The third kappa shape index (κ3) is 15.8. The molecule has 0 aliphatic heterocycles. The third-order valence-corrected chi connectivity index (χ3v) is 20.5. The van der Waals surface area contributed by atoms with Crippen molar-refractivity contribution in [3.8, 4) is 0 Å². The highest BCUT2D eigenvalue weighted by Gasteiger charge is 2.32. The summed E-state index contributed by atoms with van der Waals surface area (Å²) < 4.78 is 6.81. The molecule has 5 atom stereocenters. The molecule has 4 aliphatic carbocycles. The van der Waals surface area contributed by atoms with Crippen molar-refractivity contribution in [1.29, 1.82) is 0 Å². The Morgan fingerprint density at radius 3 is 1.60 bits per heavy atom. The summed E-state index contributed by atoms with van der Waals surface area (Å²) in [4.78, 5) is 2.59. The minimum atomic E-state index is -0.112. The molecule has 0 heterocycles. The molecule has 0 radical (unpaired) electrons. The molecule has 2 saturated carbocycles. The minimum absolute atomic E-state index is 0.112. The van der Waals surface area contributed by atoms with Gasteiger partial charge in [-0.2, -0.15) is 0 Å². The van der Waals surface area contributed by atoms with Gasteiger partial charge in [0.1, 0.15) is 0 Å². The van der Waals surface area contributed by atoms with Crippen molar-refractivity contribution in [3.05, 3.63) is 226 Å². The first kappa shape index (κ1) is 57.9. The number of aryl methyl sites for hydroxylation is 4. The Balaban J connectivity index is 0.000000154. The van der Waals surface area contributed by atoms with E-state index in [0.717, 1.165) is 49.6 Å². The van der Waals surface area contributed by atoms with Crippen molar-refractivity contribution in [2.75, 3.05) is 26.7 Å². The average molecular weight is 1100 g/mol. The highest BCUT2D eigenvalue weighted by Crippen LogP contribution is 2.39. The van der Waals surface area contributed by atoms with E-state index in [0.29, 0.717) is 23.9 Å². The van der Waals surface area contributed by atoms with Crippen molar-refractivity contribution >= 4 is 50.0 Å². The molecule has 4 nitrogen and oxygen atoms in total. The van der Waals surface area contributed by atoms with Gasteiger partial charge in [-0.1, -0.05) is 211 Å². The van der Waals surface area contributed by atoms with Gasteiger partial charge in [0, 0.05) is 40.3 Å². The Morgan fingerprint density at radius 1 is 0.475 bits per heavy atom. The van der Waals surface area contributed by atoms with Crippen LogP contribution in [-0.4, -0.2) is 44.6 Å². The normalized spacial score (nSPS) is 22.9. The van der Waals surface area contributed by atoms with Gasteiger partial charge in [0.05, 0.1) is 0 Å². The topological polar surface area (TPSA) is 48.1 Å². The number of fused-ring (bicyclic) bond motifs is 4. The molecule has 5 unspecified atom stereocenters. The highest BCUT2D eigenvalue weighted by atomic mass is 32.2. The van der Waals surface area contributed by atoms with Gasteiger partial charge in [0.25, 0.3) is 0 Å². The zero-order chi connectivity index (χ0) is 55.0. The van der Waals surface area contributed by atoms with Crippen LogP contribution in [0.15, 0.2) is 192 Å². The molecule has 8 aromatic carbocycles. The van der Waals surface area contributed by atoms with Crippen molar-refractivity contribution < 1.29 is 0 Å². The molecule has 2 fully saturated rings. The molecule has 418 valence electrons. The molecular formula is C74H90N4S2. The van der Waals surface area contributed by atoms with E-state index in [1.165, 1.54) is 137 Å². The Bertz CT molecular complexity index is 3210. The number of rotatable bonds is 16. The van der Waals surface area contributed by atoms with Crippen molar-refractivity contribution in [2.24, 2.45) is 23.7 Å². The van der Waals surface area contributed by atoms with Gasteiger partial charge in [-0.25, -0.2) is 0 Å². The Hall–Kier alpha value is -5.31. The number of benzene rings is 8. The smallest absolute Gasteiger partial charge is 0.0306 e. The highest BCUT2D eigenvalue weighted by molar-refractivity contribution is 8.12. The predicted molar refractivity (Wildman–Crippen MR) is 349 cm³/mol. The number of hydrogen-bond acceptors (Lipinski definition) is 5. The van der Waals surface area contributed by atoms with Crippen LogP contribution in [0.4, 0.5) is 0 Å². The second-order valence-corrected chi connectivity index (χ2v) is 26.7. The van der Waals surface area contributed by atoms with Crippen LogP contribution < -0.4 is 20.1 Å². The van der Waals surface area contributed by atoms with Crippen LogP contribution in [-0.2, 0) is 25.7 Å². The van der Waals surface area contributed by atoms with Crippen LogP contribution in [0.5, 0.6) is 0 Å². The molecule has 0 aromatic heterocycles. The van der Waals surface area contributed by atoms with Gasteiger partial charge in [-0.15, -0.1) is 0 Å². The van der Waals surface area contributed by atoms with Crippen LogP contribution in [0.2, 0.25) is 0 Å². The van der Waals surface area contributed by atoms with Crippen LogP contribution >= 0.6 is 22.6 Å².